The molecule has 0 spiro atoms. The number of benzene rings is 7. The van der Waals surface area contributed by atoms with Crippen LogP contribution in [-0.2, 0) is 10.8 Å². The molecule has 2 aliphatic heterocycles. The lowest BCUT2D eigenvalue weighted by atomic mass is 9.34. The zero-order valence-electron chi connectivity index (χ0n) is 37.2. The zero-order chi connectivity index (χ0) is 42.7. The lowest BCUT2D eigenvalue weighted by Gasteiger charge is -2.34. The summed E-state index contributed by atoms with van der Waals surface area (Å²) in [6.45, 7) is 22.6. The summed E-state index contributed by atoms with van der Waals surface area (Å²) >= 11 is 0. The third-order valence-electron chi connectivity index (χ3n) is 13.9. The first-order valence-corrected chi connectivity index (χ1v) is 22.0. The molecule has 62 heavy (non-hydrogen) atoms. The van der Waals surface area contributed by atoms with Crippen LogP contribution in [0.15, 0.2) is 120 Å². The summed E-state index contributed by atoms with van der Waals surface area (Å²) in [5.74, 6) is 1.92. The molecule has 0 unspecified atom stereocenters. The van der Waals surface area contributed by atoms with Crippen molar-refractivity contribution in [2.75, 3.05) is 0 Å². The van der Waals surface area contributed by atoms with Crippen LogP contribution in [-0.4, -0.2) is 25.8 Å². The minimum absolute atomic E-state index is 0.0560. The Morgan fingerprint density at radius 1 is 0.516 bits per heavy atom. The highest BCUT2D eigenvalue weighted by Crippen LogP contribution is 2.45. The van der Waals surface area contributed by atoms with Gasteiger partial charge in [-0.05, 0) is 118 Å². The third kappa shape index (κ3) is 4.98. The van der Waals surface area contributed by atoms with Gasteiger partial charge in [-0.25, -0.2) is 9.97 Å². The Hall–Kier alpha value is -6.66. The van der Waals surface area contributed by atoms with E-state index in [1.54, 1.807) is 0 Å². The molecule has 0 saturated carbocycles. The van der Waals surface area contributed by atoms with Gasteiger partial charge < -0.3 is 4.42 Å². The first kappa shape index (κ1) is 37.1. The van der Waals surface area contributed by atoms with E-state index in [2.05, 4.69) is 194 Å². The van der Waals surface area contributed by atoms with Crippen LogP contribution in [0.5, 0.6) is 0 Å². The summed E-state index contributed by atoms with van der Waals surface area (Å²) in [5, 5.41) is 2.27. The topological polar surface area (TPSA) is 48.8 Å². The quantitative estimate of drug-likeness (QED) is 0.167. The van der Waals surface area contributed by atoms with Crippen LogP contribution in [0.2, 0.25) is 0 Å². The van der Waals surface area contributed by atoms with Crippen LogP contribution in [0.4, 0.5) is 0 Å². The maximum Gasteiger partial charge on any atom is 0.252 e. The fourth-order valence-electron chi connectivity index (χ4n) is 10.9. The highest BCUT2D eigenvalue weighted by atomic mass is 16.3. The molecule has 0 bridgehead atoms. The maximum atomic E-state index is 7.25. The number of fused-ring (bicyclic) bond motifs is 8. The van der Waals surface area contributed by atoms with E-state index in [0.29, 0.717) is 0 Å². The molecule has 0 radical (unpaired) electrons. The summed E-state index contributed by atoms with van der Waals surface area (Å²) in [7, 11) is 0. The van der Waals surface area contributed by atoms with Crippen LogP contribution >= 0.6 is 0 Å². The van der Waals surface area contributed by atoms with Gasteiger partial charge in [-0.15, -0.1) is 0 Å². The van der Waals surface area contributed by atoms with Crippen LogP contribution in [0.1, 0.15) is 74.9 Å². The Kier molecular flexibility index (Phi) is 7.47. The molecule has 7 aromatic carbocycles. The molecule has 2 aliphatic rings. The van der Waals surface area contributed by atoms with Gasteiger partial charge in [-0.3, -0.25) is 9.13 Å². The molecule has 3 aromatic heterocycles. The zero-order valence-corrected chi connectivity index (χ0v) is 37.2. The average molecular weight is 805 g/mol. The van der Waals surface area contributed by atoms with Gasteiger partial charge >= 0.3 is 0 Å². The van der Waals surface area contributed by atoms with Gasteiger partial charge in [0.05, 0.1) is 16.6 Å². The molecule has 0 saturated heterocycles. The normalized spacial score (nSPS) is 13.3. The largest absolute Gasteiger partial charge is 0.453 e. The number of nitrogens with zero attached hydrogens (tertiary/aromatic N) is 4. The predicted octanol–water partition coefficient (Wildman–Crippen LogP) is 12.2. The molecule has 10 aromatic rings. The van der Waals surface area contributed by atoms with E-state index in [9.17, 15) is 0 Å². The monoisotopic (exact) mass is 804 g/mol. The third-order valence-corrected chi connectivity index (χ3v) is 13.9. The van der Waals surface area contributed by atoms with Crippen molar-refractivity contribution < 1.29 is 4.42 Å². The van der Waals surface area contributed by atoms with Gasteiger partial charge in [0.1, 0.15) is 22.7 Å². The second kappa shape index (κ2) is 12.5. The van der Waals surface area contributed by atoms with Gasteiger partial charge in [-0.2, -0.15) is 0 Å². The molecule has 0 amide bonds. The molecule has 5 nitrogen and oxygen atoms in total. The van der Waals surface area contributed by atoms with Gasteiger partial charge in [0.2, 0.25) is 0 Å². The summed E-state index contributed by atoms with van der Waals surface area (Å²) < 4.78 is 12.2. The SMILES string of the molecule is Cc1cccc(C)c1-c1nc2cc(-c3ccccc3)cc3c2n1-c1cccc2c1B3c1cc3c4cc(C(C)(C)C)cc(C(C)(C)C)c4oc3c3nc(-c4c(C)cccc4C)n-2c13. The van der Waals surface area contributed by atoms with Crippen molar-refractivity contribution in [2.45, 2.75) is 80.1 Å². The number of aromatic nitrogens is 4. The van der Waals surface area contributed by atoms with Crippen LogP contribution < -0.4 is 16.4 Å². The number of rotatable bonds is 3. The van der Waals surface area contributed by atoms with Crippen molar-refractivity contribution in [3.05, 3.63) is 149 Å². The van der Waals surface area contributed by atoms with Crippen molar-refractivity contribution >= 4 is 67.1 Å². The van der Waals surface area contributed by atoms with Crippen LogP contribution in [0.3, 0.4) is 0 Å². The highest BCUT2D eigenvalue weighted by Gasteiger charge is 2.43. The van der Waals surface area contributed by atoms with E-state index in [0.717, 1.165) is 78.2 Å². The number of aryl methyl sites for hydroxylation is 4. The molecular weight excluding hydrogens is 755 g/mol. The average Bonchev–Trinajstić information content (AvgIpc) is 3.92. The minimum atomic E-state index is -0.143. The smallest absolute Gasteiger partial charge is 0.252 e. The Morgan fingerprint density at radius 3 is 1.69 bits per heavy atom. The lowest BCUT2D eigenvalue weighted by Crippen LogP contribution is -2.59. The van der Waals surface area contributed by atoms with E-state index >= 15 is 0 Å². The van der Waals surface area contributed by atoms with E-state index in [4.69, 9.17) is 14.4 Å². The Bertz CT molecular complexity index is 3550. The Morgan fingerprint density at radius 2 is 1.08 bits per heavy atom. The lowest BCUT2D eigenvalue weighted by molar-refractivity contribution is 0.559. The van der Waals surface area contributed by atoms with Crippen molar-refractivity contribution in [3.8, 4) is 45.3 Å². The molecular formula is C56H49BN4O. The summed E-state index contributed by atoms with van der Waals surface area (Å²) in [6, 6.07) is 42.8. The second-order valence-electron chi connectivity index (χ2n) is 20.1. The van der Waals surface area contributed by atoms with E-state index in [1.165, 1.54) is 60.9 Å². The standard InChI is InChI=1S/C56H49BN4O/c1-30-17-14-18-31(2)45(30)53-58-42-26-35(34-21-12-11-13-22-34)25-40-49(42)60(53)43-23-16-24-44-47(43)57(40)41-29-38-37-27-36(55(5,6)7)28-39(56(8,9)10)51(37)62-52(38)48-50(41)61(44)54(59-48)46-32(3)19-15-20-33(46)4/h11-29H,1-10H3. The molecule has 0 N–H and O–H groups in total. The fourth-order valence-corrected chi connectivity index (χ4v) is 10.9. The molecule has 5 heterocycles. The number of imidazole rings is 2. The molecule has 12 rings (SSSR count). The van der Waals surface area contributed by atoms with E-state index in [-0.39, 0.29) is 17.5 Å². The number of furan rings is 1. The van der Waals surface area contributed by atoms with Gasteiger partial charge in [0.25, 0.3) is 6.71 Å². The van der Waals surface area contributed by atoms with E-state index < -0.39 is 0 Å². The molecule has 302 valence electrons. The first-order valence-electron chi connectivity index (χ1n) is 22.0. The summed E-state index contributed by atoms with van der Waals surface area (Å²) in [4.78, 5) is 11.4. The summed E-state index contributed by atoms with van der Waals surface area (Å²) in [6.07, 6.45) is 0. The number of hydrogen-bond acceptors (Lipinski definition) is 3. The Balaban J connectivity index is 1.29. The van der Waals surface area contributed by atoms with Crippen LogP contribution in [0, 0.1) is 27.7 Å². The molecule has 6 heteroatoms. The summed E-state index contributed by atoms with van der Waals surface area (Å²) in [5.41, 5.74) is 23.9. The predicted molar refractivity (Wildman–Crippen MR) is 260 cm³/mol. The van der Waals surface area contributed by atoms with E-state index in [1.807, 2.05) is 0 Å². The van der Waals surface area contributed by atoms with Crippen molar-refractivity contribution in [1.82, 2.24) is 19.1 Å². The fraction of sp³-hybridized carbons (Fsp3) is 0.214. The first-order chi connectivity index (χ1) is 29.7. The van der Waals surface area contributed by atoms with Crippen molar-refractivity contribution in [2.24, 2.45) is 0 Å². The van der Waals surface area contributed by atoms with Gasteiger partial charge in [0, 0.05) is 38.8 Å². The second-order valence-corrected chi connectivity index (χ2v) is 20.1. The van der Waals surface area contributed by atoms with Crippen molar-refractivity contribution in [1.29, 1.82) is 0 Å². The minimum Gasteiger partial charge on any atom is -0.453 e. The molecule has 0 atom stereocenters. The highest BCUT2D eigenvalue weighted by molar-refractivity contribution is 7.00. The van der Waals surface area contributed by atoms with Gasteiger partial charge in [0.15, 0.2) is 5.58 Å². The molecule has 0 aliphatic carbocycles. The Labute approximate surface area is 363 Å². The maximum absolute atomic E-state index is 7.25. The van der Waals surface area contributed by atoms with Gasteiger partial charge in [-0.1, -0.05) is 133 Å². The molecule has 0 fully saturated rings. The van der Waals surface area contributed by atoms with Crippen molar-refractivity contribution in [3.63, 3.8) is 0 Å². The number of hydrogen-bond donors (Lipinski definition) is 0. The van der Waals surface area contributed by atoms with Crippen LogP contribution in [0.25, 0.3) is 89.3 Å².